The van der Waals surface area contributed by atoms with Crippen molar-refractivity contribution in [3.8, 4) is 0 Å². The summed E-state index contributed by atoms with van der Waals surface area (Å²) in [6.45, 7) is 7.32. The van der Waals surface area contributed by atoms with Gasteiger partial charge < -0.3 is 15.0 Å². The van der Waals surface area contributed by atoms with E-state index >= 15 is 0 Å². The van der Waals surface area contributed by atoms with Crippen molar-refractivity contribution in [3.63, 3.8) is 0 Å². The molecule has 5 heteroatoms. The van der Waals surface area contributed by atoms with Crippen molar-refractivity contribution < 1.29 is 14.3 Å². The molecule has 0 spiro atoms. The van der Waals surface area contributed by atoms with Gasteiger partial charge in [0.1, 0.15) is 6.61 Å². The van der Waals surface area contributed by atoms with Crippen LogP contribution in [0.2, 0.25) is 0 Å². The molecule has 0 aliphatic carbocycles. The van der Waals surface area contributed by atoms with Gasteiger partial charge in [0, 0.05) is 19.3 Å². The van der Waals surface area contributed by atoms with Gasteiger partial charge in [0.15, 0.2) is 0 Å². The highest BCUT2D eigenvalue weighted by Gasteiger charge is 2.16. The van der Waals surface area contributed by atoms with Gasteiger partial charge in [0.25, 0.3) is 5.91 Å². The van der Waals surface area contributed by atoms with E-state index in [1.807, 2.05) is 49.4 Å². The Morgan fingerprint density at radius 1 is 1.07 bits per heavy atom. The molecule has 28 heavy (non-hydrogen) atoms. The van der Waals surface area contributed by atoms with E-state index in [1.165, 1.54) is 7.11 Å². The highest BCUT2D eigenvalue weighted by atomic mass is 16.5. The second-order valence-corrected chi connectivity index (χ2v) is 7.44. The lowest BCUT2D eigenvalue weighted by molar-refractivity contribution is -0.122. The van der Waals surface area contributed by atoms with E-state index in [4.69, 9.17) is 4.74 Å². The first kappa shape index (κ1) is 21.6. The fourth-order valence-corrected chi connectivity index (χ4v) is 2.88. The molecule has 0 bridgehead atoms. The predicted molar refractivity (Wildman–Crippen MR) is 112 cm³/mol. The number of carbonyl (C=O) groups is 2. The summed E-state index contributed by atoms with van der Waals surface area (Å²) in [4.78, 5) is 26.3. The zero-order valence-electron chi connectivity index (χ0n) is 17.2. The van der Waals surface area contributed by atoms with Crippen LogP contribution in [0.1, 0.15) is 30.5 Å². The van der Waals surface area contributed by atoms with Crippen LogP contribution in [0.15, 0.2) is 48.5 Å². The maximum atomic E-state index is 12.6. The third-order valence-electron chi connectivity index (χ3n) is 4.31. The van der Waals surface area contributed by atoms with Crippen LogP contribution >= 0.6 is 0 Å². The number of aryl methyl sites for hydroxylation is 1. The number of ether oxygens (including phenoxy) is 1. The summed E-state index contributed by atoms with van der Waals surface area (Å²) >= 11 is 0. The summed E-state index contributed by atoms with van der Waals surface area (Å²) < 4.78 is 5.05. The fourth-order valence-electron chi connectivity index (χ4n) is 2.88. The standard InChI is InChI=1S/C23H30N2O3/c1-17(2)14-24-22(26)13-19-8-10-21(11-9-19)25(23(27)16-28-4)15-20-7-5-6-18(3)12-20/h5-12,17H,13-16H2,1-4H3,(H,24,26). The quantitative estimate of drug-likeness (QED) is 0.722. The normalized spacial score (nSPS) is 10.8. The Morgan fingerprint density at radius 2 is 1.79 bits per heavy atom. The lowest BCUT2D eigenvalue weighted by Crippen LogP contribution is -2.33. The average Bonchev–Trinajstić information content (AvgIpc) is 2.65. The molecule has 5 nitrogen and oxygen atoms in total. The lowest BCUT2D eigenvalue weighted by Gasteiger charge is -2.23. The SMILES string of the molecule is COCC(=O)N(Cc1cccc(C)c1)c1ccc(CC(=O)NCC(C)C)cc1. The van der Waals surface area contributed by atoms with E-state index in [9.17, 15) is 9.59 Å². The summed E-state index contributed by atoms with van der Waals surface area (Å²) in [7, 11) is 1.52. The number of hydrogen-bond donors (Lipinski definition) is 1. The number of nitrogens with one attached hydrogen (secondary N) is 1. The van der Waals surface area contributed by atoms with Gasteiger partial charge in [-0.2, -0.15) is 0 Å². The molecule has 2 rings (SSSR count). The Kier molecular flexibility index (Phi) is 8.20. The van der Waals surface area contributed by atoms with E-state index in [0.29, 0.717) is 25.4 Å². The van der Waals surface area contributed by atoms with Gasteiger partial charge in [-0.15, -0.1) is 0 Å². The second kappa shape index (κ2) is 10.6. The highest BCUT2D eigenvalue weighted by Crippen LogP contribution is 2.19. The third kappa shape index (κ3) is 6.82. The largest absolute Gasteiger partial charge is 0.375 e. The number of anilines is 1. The first-order valence-corrected chi connectivity index (χ1v) is 9.59. The monoisotopic (exact) mass is 382 g/mol. The molecule has 1 N–H and O–H groups in total. The summed E-state index contributed by atoms with van der Waals surface area (Å²) in [5.74, 6) is 0.327. The first-order chi connectivity index (χ1) is 13.4. The Bertz CT molecular complexity index is 785. The molecular weight excluding hydrogens is 352 g/mol. The third-order valence-corrected chi connectivity index (χ3v) is 4.31. The van der Waals surface area contributed by atoms with Gasteiger partial charge in [-0.05, 0) is 36.1 Å². The van der Waals surface area contributed by atoms with Gasteiger partial charge in [0.05, 0.1) is 13.0 Å². The van der Waals surface area contributed by atoms with Crippen molar-refractivity contribution in [1.29, 1.82) is 0 Å². The zero-order chi connectivity index (χ0) is 20.5. The van der Waals surface area contributed by atoms with Crippen molar-refractivity contribution in [2.75, 3.05) is 25.2 Å². The number of amides is 2. The minimum atomic E-state index is -0.105. The van der Waals surface area contributed by atoms with Crippen LogP contribution in [-0.4, -0.2) is 32.1 Å². The number of rotatable bonds is 9. The van der Waals surface area contributed by atoms with E-state index in [1.54, 1.807) is 4.90 Å². The van der Waals surface area contributed by atoms with Crippen molar-refractivity contribution in [3.05, 3.63) is 65.2 Å². The van der Waals surface area contributed by atoms with E-state index in [0.717, 1.165) is 22.4 Å². The number of methoxy groups -OCH3 is 1. The zero-order valence-corrected chi connectivity index (χ0v) is 17.2. The van der Waals surface area contributed by atoms with Crippen LogP contribution in [0.3, 0.4) is 0 Å². The van der Waals surface area contributed by atoms with Crippen LogP contribution in [0.5, 0.6) is 0 Å². The van der Waals surface area contributed by atoms with Gasteiger partial charge in [0.2, 0.25) is 5.91 Å². The summed E-state index contributed by atoms with van der Waals surface area (Å²) in [6, 6.07) is 15.7. The Hall–Kier alpha value is -2.66. The maximum absolute atomic E-state index is 12.6. The molecule has 0 atom stereocenters. The minimum Gasteiger partial charge on any atom is -0.375 e. The molecule has 0 aromatic heterocycles. The second-order valence-electron chi connectivity index (χ2n) is 7.44. The smallest absolute Gasteiger partial charge is 0.253 e. The van der Waals surface area contributed by atoms with Crippen LogP contribution in [-0.2, 0) is 27.3 Å². The average molecular weight is 383 g/mol. The van der Waals surface area contributed by atoms with Crippen molar-refractivity contribution in [2.24, 2.45) is 5.92 Å². The topological polar surface area (TPSA) is 58.6 Å². The lowest BCUT2D eigenvalue weighted by atomic mass is 10.1. The molecule has 2 amide bonds. The number of nitrogens with zero attached hydrogens (tertiary/aromatic N) is 1. The number of carbonyl (C=O) groups excluding carboxylic acids is 2. The van der Waals surface area contributed by atoms with Gasteiger partial charge >= 0.3 is 0 Å². The molecule has 0 fully saturated rings. The van der Waals surface area contributed by atoms with E-state index in [-0.39, 0.29) is 18.4 Å². The Labute approximate surface area is 167 Å². The maximum Gasteiger partial charge on any atom is 0.253 e. The molecule has 0 heterocycles. The molecule has 0 saturated carbocycles. The summed E-state index contributed by atoms with van der Waals surface area (Å²) in [6.07, 6.45) is 0.330. The number of hydrogen-bond acceptors (Lipinski definition) is 3. The van der Waals surface area contributed by atoms with Gasteiger partial charge in [-0.25, -0.2) is 0 Å². The van der Waals surface area contributed by atoms with Crippen LogP contribution < -0.4 is 10.2 Å². The Balaban J connectivity index is 2.12. The highest BCUT2D eigenvalue weighted by molar-refractivity contribution is 5.94. The van der Waals surface area contributed by atoms with Crippen LogP contribution in [0.4, 0.5) is 5.69 Å². The predicted octanol–water partition coefficient (Wildman–Crippen LogP) is 3.49. The minimum absolute atomic E-state index is 0.00789. The summed E-state index contributed by atoms with van der Waals surface area (Å²) in [5, 5.41) is 2.92. The molecule has 0 radical (unpaired) electrons. The summed E-state index contributed by atoms with van der Waals surface area (Å²) in [5.41, 5.74) is 3.91. The molecule has 2 aromatic rings. The molecule has 2 aromatic carbocycles. The van der Waals surface area contributed by atoms with Crippen LogP contribution in [0.25, 0.3) is 0 Å². The van der Waals surface area contributed by atoms with Crippen molar-refractivity contribution >= 4 is 17.5 Å². The van der Waals surface area contributed by atoms with Crippen molar-refractivity contribution in [2.45, 2.75) is 33.7 Å². The fraction of sp³-hybridized carbons (Fsp3) is 0.391. The van der Waals surface area contributed by atoms with E-state index in [2.05, 4.69) is 25.2 Å². The van der Waals surface area contributed by atoms with Crippen LogP contribution in [0, 0.1) is 12.8 Å². The molecule has 0 aliphatic rings. The molecule has 0 unspecified atom stereocenters. The number of benzene rings is 2. The van der Waals surface area contributed by atoms with Crippen molar-refractivity contribution in [1.82, 2.24) is 5.32 Å². The Morgan fingerprint density at radius 3 is 2.39 bits per heavy atom. The van der Waals surface area contributed by atoms with E-state index < -0.39 is 0 Å². The molecule has 150 valence electrons. The molecule has 0 saturated heterocycles. The first-order valence-electron chi connectivity index (χ1n) is 9.59. The molecule has 0 aliphatic heterocycles. The molecular formula is C23H30N2O3. The van der Waals surface area contributed by atoms with Gasteiger partial charge in [-0.3, -0.25) is 9.59 Å². The van der Waals surface area contributed by atoms with Gasteiger partial charge in [-0.1, -0.05) is 55.8 Å².